The second-order valence-corrected chi connectivity index (χ2v) is 7.97. The Morgan fingerprint density at radius 1 is 1.29 bits per heavy atom. The maximum atomic E-state index is 12.4. The fourth-order valence-electron chi connectivity index (χ4n) is 2.40. The van der Waals surface area contributed by atoms with Crippen LogP contribution in [0.1, 0.15) is 30.9 Å². The Labute approximate surface area is 126 Å². The van der Waals surface area contributed by atoms with Crippen LogP contribution in [0.3, 0.4) is 0 Å². The predicted molar refractivity (Wildman–Crippen MR) is 83.7 cm³/mol. The normalized spacial score (nSPS) is 18.6. The lowest BCUT2D eigenvalue weighted by atomic mass is 9.83. The van der Waals surface area contributed by atoms with E-state index >= 15 is 0 Å². The van der Waals surface area contributed by atoms with E-state index in [4.69, 9.17) is 10.5 Å². The number of benzene rings is 1. The minimum Gasteiger partial charge on any atom is -0.398 e. The molecule has 1 saturated heterocycles. The Morgan fingerprint density at radius 2 is 1.90 bits per heavy atom. The quantitative estimate of drug-likeness (QED) is 0.833. The smallest absolute Gasteiger partial charge is 0.240 e. The van der Waals surface area contributed by atoms with Crippen LogP contribution in [-0.2, 0) is 14.8 Å². The minimum atomic E-state index is -3.53. The average Bonchev–Trinajstić information content (AvgIpc) is 2.43. The topological polar surface area (TPSA) is 81.4 Å². The molecule has 0 unspecified atom stereocenters. The highest BCUT2D eigenvalue weighted by Gasteiger charge is 2.29. The van der Waals surface area contributed by atoms with Crippen LogP contribution < -0.4 is 10.5 Å². The summed E-state index contributed by atoms with van der Waals surface area (Å²) in [6.45, 7) is 7.64. The molecule has 1 fully saturated rings. The fourth-order valence-corrected chi connectivity index (χ4v) is 3.72. The zero-order valence-electron chi connectivity index (χ0n) is 12.9. The molecule has 1 aromatic rings. The Balaban J connectivity index is 2.15. The van der Waals surface area contributed by atoms with E-state index in [1.807, 2.05) is 13.8 Å². The van der Waals surface area contributed by atoms with Gasteiger partial charge in [0, 0.05) is 25.4 Å². The maximum Gasteiger partial charge on any atom is 0.240 e. The molecule has 1 aromatic carbocycles. The molecular formula is C15H24N2O3S. The third-order valence-corrected chi connectivity index (χ3v) is 5.76. The number of anilines is 1. The molecule has 21 heavy (non-hydrogen) atoms. The number of nitrogen functional groups attached to an aromatic ring is 1. The molecular weight excluding hydrogens is 288 g/mol. The molecule has 0 spiro atoms. The Hall–Kier alpha value is -1.11. The number of aryl methyl sites for hydroxylation is 1. The molecule has 1 heterocycles. The highest BCUT2D eigenvalue weighted by molar-refractivity contribution is 7.89. The van der Waals surface area contributed by atoms with E-state index in [-0.39, 0.29) is 10.3 Å². The molecule has 0 aromatic heterocycles. The summed E-state index contributed by atoms with van der Waals surface area (Å²) in [5.41, 5.74) is 8.14. The first kappa shape index (κ1) is 16.3. The van der Waals surface area contributed by atoms with Gasteiger partial charge in [-0.2, -0.15) is 0 Å². The van der Waals surface area contributed by atoms with Gasteiger partial charge in [0.15, 0.2) is 0 Å². The molecule has 0 amide bonds. The van der Waals surface area contributed by atoms with Gasteiger partial charge >= 0.3 is 0 Å². The molecule has 3 N–H and O–H groups in total. The summed E-state index contributed by atoms with van der Waals surface area (Å²) >= 11 is 0. The van der Waals surface area contributed by atoms with Crippen LogP contribution in [0.15, 0.2) is 17.0 Å². The van der Waals surface area contributed by atoms with Crippen molar-refractivity contribution in [2.45, 2.75) is 38.5 Å². The summed E-state index contributed by atoms with van der Waals surface area (Å²) in [4.78, 5) is 0.235. The molecule has 2 rings (SSSR count). The van der Waals surface area contributed by atoms with E-state index in [1.54, 1.807) is 6.07 Å². The summed E-state index contributed by atoms with van der Waals surface area (Å²) in [6, 6.07) is 3.19. The highest BCUT2D eigenvalue weighted by atomic mass is 32.2. The van der Waals surface area contributed by atoms with Gasteiger partial charge < -0.3 is 10.5 Å². The molecule has 6 heteroatoms. The monoisotopic (exact) mass is 312 g/mol. The second-order valence-electron chi connectivity index (χ2n) is 6.20. The summed E-state index contributed by atoms with van der Waals surface area (Å²) in [5.74, 6) is 0. The van der Waals surface area contributed by atoms with Gasteiger partial charge in [-0.1, -0.05) is 6.92 Å². The molecule has 0 bridgehead atoms. The summed E-state index contributed by atoms with van der Waals surface area (Å²) in [7, 11) is -3.53. The largest absolute Gasteiger partial charge is 0.398 e. The van der Waals surface area contributed by atoms with Crippen LogP contribution in [0.4, 0.5) is 5.69 Å². The highest BCUT2D eigenvalue weighted by Crippen LogP contribution is 2.29. The van der Waals surface area contributed by atoms with Gasteiger partial charge in [-0.15, -0.1) is 0 Å². The third kappa shape index (κ3) is 3.75. The van der Waals surface area contributed by atoms with Gasteiger partial charge in [-0.3, -0.25) is 0 Å². The van der Waals surface area contributed by atoms with Crippen LogP contribution in [0, 0.1) is 19.3 Å². The van der Waals surface area contributed by atoms with Crippen LogP contribution in [-0.4, -0.2) is 28.2 Å². The van der Waals surface area contributed by atoms with E-state index in [1.165, 1.54) is 6.07 Å². The lowest BCUT2D eigenvalue weighted by Gasteiger charge is -2.33. The maximum absolute atomic E-state index is 12.4. The number of nitrogens with two attached hydrogens (primary N) is 1. The first-order valence-electron chi connectivity index (χ1n) is 7.18. The standard InChI is InChI=1S/C15H24N2O3S/c1-11-8-13(9-14(16)12(11)2)21(18,19)17-10-15(3)4-6-20-7-5-15/h8-9,17H,4-7,10,16H2,1-3H3. The molecule has 0 aliphatic carbocycles. The van der Waals surface area contributed by atoms with Gasteiger partial charge in [0.25, 0.3) is 0 Å². The number of hydrogen-bond donors (Lipinski definition) is 2. The van der Waals surface area contributed by atoms with Crippen molar-refractivity contribution in [2.75, 3.05) is 25.5 Å². The first-order chi connectivity index (χ1) is 9.73. The van der Waals surface area contributed by atoms with E-state index in [0.717, 1.165) is 24.0 Å². The van der Waals surface area contributed by atoms with Gasteiger partial charge in [0.2, 0.25) is 10.0 Å². The number of ether oxygens (including phenoxy) is 1. The number of hydrogen-bond acceptors (Lipinski definition) is 4. The van der Waals surface area contributed by atoms with Crippen molar-refractivity contribution in [2.24, 2.45) is 5.41 Å². The number of rotatable bonds is 4. The van der Waals surface area contributed by atoms with Crippen LogP contribution >= 0.6 is 0 Å². The number of nitrogens with one attached hydrogen (secondary N) is 1. The third-order valence-electron chi connectivity index (χ3n) is 4.38. The Morgan fingerprint density at radius 3 is 2.48 bits per heavy atom. The average molecular weight is 312 g/mol. The molecule has 0 radical (unpaired) electrons. The lowest BCUT2D eigenvalue weighted by Crippen LogP contribution is -2.39. The minimum absolute atomic E-state index is 0.0450. The van der Waals surface area contributed by atoms with E-state index < -0.39 is 10.0 Å². The molecule has 1 aliphatic rings. The van der Waals surface area contributed by atoms with Gasteiger partial charge in [0.1, 0.15) is 0 Å². The fraction of sp³-hybridized carbons (Fsp3) is 0.600. The van der Waals surface area contributed by atoms with Crippen molar-refractivity contribution >= 4 is 15.7 Å². The van der Waals surface area contributed by atoms with Crippen molar-refractivity contribution < 1.29 is 13.2 Å². The molecule has 0 saturated carbocycles. The molecule has 1 aliphatic heterocycles. The van der Waals surface area contributed by atoms with E-state index in [9.17, 15) is 8.42 Å². The SMILES string of the molecule is Cc1cc(S(=O)(=O)NCC2(C)CCOCC2)cc(N)c1C. The predicted octanol–water partition coefficient (Wildman–Crippen LogP) is 1.98. The van der Waals surface area contributed by atoms with Crippen molar-refractivity contribution in [3.63, 3.8) is 0 Å². The Kier molecular flexibility index (Phi) is 4.60. The van der Waals surface area contributed by atoms with Crippen molar-refractivity contribution in [1.82, 2.24) is 4.72 Å². The summed E-state index contributed by atoms with van der Waals surface area (Å²) < 4.78 is 32.9. The summed E-state index contributed by atoms with van der Waals surface area (Å²) in [5, 5.41) is 0. The molecule has 5 nitrogen and oxygen atoms in total. The van der Waals surface area contributed by atoms with Crippen LogP contribution in [0.25, 0.3) is 0 Å². The van der Waals surface area contributed by atoms with Gasteiger partial charge in [-0.25, -0.2) is 13.1 Å². The van der Waals surface area contributed by atoms with Crippen molar-refractivity contribution in [3.8, 4) is 0 Å². The second kappa shape index (κ2) is 5.94. The lowest BCUT2D eigenvalue weighted by molar-refractivity contribution is 0.0265. The van der Waals surface area contributed by atoms with Crippen molar-refractivity contribution in [3.05, 3.63) is 23.3 Å². The molecule has 0 atom stereocenters. The van der Waals surface area contributed by atoms with E-state index in [2.05, 4.69) is 11.6 Å². The van der Waals surface area contributed by atoms with Crippen molar-refractivity contribution in [1.29, 1.82) is 0 Å². The van der Waals surface area contributed by atoms with Gasteiger partial charge in [-0.05, 0) is 55.4 Å². The zero-order valence-corrected chi connectivity index (χ0v) is 13.7. The number of sulfonamides is 1. The molecule has 118 valence electrons. The first-order valence-corrected chi connectivity index (χ1v) is 8.66. The van der Waals surface area contributed by atoms with Gasteiger partial charge in [0.05, 0.1) is 4.90 Å². The summed E-state index contributed by atoms with van der Waals surface area (Å²) in [6.07, 6.45) is 1.73. The van der Waals surface area contributed by atoms with Crippen LogP contribution in [0.2, 0.25) is 0 Å². The van der Waals surface area contributed by atoms with Crippen LogP contribution in [0.5, 0.6) is 0 Å². The van der Waals surface area contributed by atoms with E-state index in [0.29, 0.717) is 25.4 Å². The Bertz CT molecular complexity index is 597. The zero-order chi connectivity index (χ0) is 15.7.